The molecule has 1 atom stereocenters. The molecule has 18 heavy (non-hydrogen) atoms. The minimum Gasteiger partial charge on any atom is -0.300 e. The van der Waals surface area contributed by atoms with E-state index in [9.17, 15) is 4.79 Å². The van der Waals surface area contributed by atoms with Gasteiger partial charge in [0.25, 0.3) is 0 Å². The second-order valence-electron chi connectivity index (χ2n) is 4.91. The van der Waals surface area contributed by atoms with Gasteiger partial charge >= 0.3 is 0 Å². The van der Waals surface area contributed by atoms with Crippen molar-refractivity contribution >= 4 is 29.0 Å². The first kappa shape index (κ1) is 13.9. The quantitative estimate of drug-likeness (QED) is 0.835. The molecule has 0 aromatic heterocycles. The molecule has 0 aliphatic carbocycles. The van der Waals surface area contributed by atoms with Crippen molar-refractivity contribution in [3.05, 3.63) is 33.8 Å². The lowest BCUT2D eigenvalue weighted by atomic mass is 10.1. The molecular weight excluding hydrogens is 269 g/mol. The normalized spacial score (nSPS) is 20.3. The lowest BCUT2D eigenvalue weighted by Crippen LogP contribution is -2.30. The van der Waals surface area contributed by atoms with Crippen molar-refractivity contribution in [2.45, 2.75) is 38.8 Å². The van der Waals surface area contributed by atoms with Gasteiger partial charge in [-0.25, -0.2) is 0 Å². The molecular formula is C14H17Cl2NO. The fourth-order valence-corrected chi connectivity index (χ4v) is 2.92. The molecule has 1 unspecified atom stereocenters. The van der Waals surface area contributed by atoms with Crippen LogP contribution in [0.25, 0.3) is 0 Å². The van der Waals surface area contributed by atoms with Gasteiger partial charge in [0.05, 0.1) is 0 Å². The van der Waals surface area contributed by atoms with E-state index in [4.69, 9.17) is 23.2 Å². The summed E-state index contributed by atoms with van der Waals surface area (Å²) in [5.41, 5.74) is 1.04. The Morgan fingerprint density at radius 1 is 1.44 bits per heavy atom. The van der Waals surface area contributed by atoms with E-state index in [2.05, 4.69) is 4.90 Å². The number of carbonyl (C=O) groups excluding carboxylic acids is 1. The Morgan fingerprint density at radius 2 is 2.22 bits per heavy atom. The highest BCUT2D eigenvalue weighted by Crippen LogP contribution is 2.27. The summed E-state index contributed by atoms with van der Waals surface area (Å²) < 4.78 is 0. The van der Waals surface area contributed by atoms with E-state index in [0.29, 0.717) is 17.5 Å². The molecule has 0 saturated carbocycles. The average Bonchev–Trinajstić information content (AvgIpc) is 2.70. The Hall–Kier alpha value is -0.570. The minimum atomic E-state index is 0.254. The summed E-state index contributed by atoms with van der Waals surface area (Å²) in [7, 11) is 0. The van der Waals surface area contributed by atoms with Gasteiger partial charge in [0.15, 0.2) is 0 Å². The number of hydrogen-bond acceptors (Lipinski definition) is 2. The molecule has 2 nitrogen and oxygen atoms in total. The van der Waals surface area contributed by atoms with Crippen LogP contribution in [-0.4, -0.2) is 23.3 Å². The lowest BCUT2D eigenvalue weighted by molar-refractivity contribution is -0.118. The fraction of sp³-hybridized carbons (Fsp3) is 0.500. The fourth-order valence-electron chi connectivity index (χ4n) is 2.55. The molecule has 0 spiro atoms. The monoisotopic (exact) mass is 285 g/mol. The highest BCUT2D eigenvalue weighted by molar-refractivity contribution is 6.33. The van der Waals surface area contributed by atoms with Crippen molar-refractivity contribution in [2.75, 3.05) is 6.54 Å². The average molecular weight is 286 g/mol. The smallest absolute Gasteiger partial charge is 0.131 e. The van der Waals surface area contributed by atoms with Crippen LogP contribution >= 0.6 is 23.2 Å². The second kappa shape index (κ2) is 6.05. The Bertz CT molecular complexity index is 447. The summed E-state index contributed by atoms with van der Waals surface area (Å²) in [5.74, 6) is 0.254. The third kappa shape index (κ3) is 3.47. The van der Waals surface area contributed by atoms with Crippen LogP contribution in [0.5, 0.6) is 0 Å². The number of hydrogen-bond donors (Lipinski definition) is 0. The second-order valence-corrected chi connectivity index (χ2v) is 5.75. The molecule has 1 fully saturated rings. The summed E-state index contributed by atoms with van der Waals surface area (Å²) in [6.07, 6.45) is 2.88. The number of ketones is 1. The first-order valence-electron chi connectivity index (χ1n) is 6.23. The first-order chi connectivity index (χ1) is 8.56. The molecule has 0 radical (unpaired) electrons. The Balaban J connectivity index is 2.08. The maximum Gasteiger partial charge on any atom is 0.131 e. The lowest BCUT2D eigenvalue weighted by Gasteiger charge is -2.24. The van der Waals surface area contributed by atoms with Crippen molar-refractivity contribution in [1.29, 1.82) is 0 Å². The molecule has 0 amide bonds. The molecule has 1 saturated heterocycles. The molecule has 2 rings (SSSR count). The summed E-state index contributed by atoms with van der Waals surface area (Å²) in [4.78, 5) is 13.6. The van der Waals surface area contributed by atoms with Gasteiger partial charge in [0.1, 0.15) is 5.78 Å². The summed E-state index contributed by atoms with van der Waals surface area (Å²) in [6.45, 7) is 3.46. The number of halogens is 2. The predicted molar refractivity (Wildman–Crippen MR) is 75.2 cm³/mol. The van der Waals surface area contributed by atoms with Gasteiger partial charge in [-0.2, -0.15) is 0 Å². The first-order valence-corrected chi connectivity index (χ1v) is 6.99. The zero-order valence-electron chi connectivity index (χ0n) is 10.5. The topological polar surface area (TPSA) is 20.3 Å². The van der Waals surface area contributed by atoms with Gasteiger partial charge in [0, 0.05) is 29.1 Å². The van der Waals surface area contributed by atoms with E-state index in [-0.39, 0.29) is 5.78 Å². The van der Waals surface area contributed by atoms with Gasteiger partial charge in [0.2, 0.25) is 0 Å². The Kier molecular flexibility index (Phi) is 4.66. The van der Waals surface area contributed by atoms with E-state index in [1.54, 1.807) is 13.0 Å². The van der Waals surface area contributed by atoms with Gasteiger partial charge in [-0.15, -0.1) is 0 Å². The summed E-state index contributed by atoms with van der Waals surface area (Å²) in [6, 6.07) is 5.89. The summed E-state index contributed by atoms with van der Waals surface area (Å²) in [5, 5.41) is 1.45. The Labute approximate surface area is 118 Å². The highest BCUT2D eigenvalue weighted by Gasteiger charge is 2.25. The molecule has 1 aliphatic rings. The van der Waals surface area contributed by atoms with E-state index in [1.165, 1.54) is 0 Å². The number of likely N-dealkylation sites (tertiary alicyclic amines) is 1. The molecule has 1 aromatic carbocycles. The molecule has 0 bridgehead atoms. The van der Waals surface area contributed by atoms with Crippen LogP contribution in [-0.2, 0) is 11.3 Å². The number of rotatable bonds is 4. The molecule has 4 heteroatoms. The number of Topliss-reactive ketones (excluding diaryl/α,β-unsaturated/α-hetero) is 1. The van der Waals surface area contributed by atoms with Crippen molar-refractivity contribution in [3.8, 4) is 0 Å². The van der Waals surface area contributed by atoms with Crippen molar-refractivity contribution in [2.24, 2.45) is 0 Å². The van der Waals surface area contributed by atoms with E-state index >= 15 is 0 Å². The minimum absolute atomic E-state index is 0.254. The third-order valence-corrected chi connectivity index (χ3v) is 4.01. The van der Waals surface area contributed by atoms with Gasteiger partial charge in [-0.05, 0) is 50.1 Å². The van der Waals surface area contributed by atoms with Gasteiger partial charge < -0.3 is 0 Å². The molecule has 0 N–H and O–H groups in total. The van der Waals surface area contributed by atoms with Crippen molar-refractivity contribution in [3.63, 3.8) is 0 Å². The van der Waals surface area contributed by atoms with E-state index < -0.39 is 0 Å². The molecule has 1 heterocycles. The maximum absolute atomic E-state index is 11.2. The van der Waals surface area contributed by atoms with Crippen LogP contribution < -0.4 is 0 Å². The SMILES string of the molecule is CC(=O)CC1CCCN1Cc1cc(Cl)ccc1Cl. The van der Waals surface area contributed by atoms with Crippen LogP contribution in [0.15, 0.2) is 18.2 Å². The van der Waals surface area contributed by atoms with E-state index in [0.717, 1.165) is 36.5 Å². The van der Waals surface area contributed by atoms with Gasteiger partial charge in [-0.1, -0.05) is 23.2 Å². The van der Waals surface area contributed by atoms with Crippen LogP contribution in [0.2, 0.25) is 10.0 Å². The number of benzene rings is 1. The zero-order chi connectivity index (χ0) is 13.1. The van der Waals surface area contributed by atoms with Crippen LogP contribution in [0.1, 0.15) is 31.7 Å². The third-order valence-electron chi connectivity index (χ3n) is 3.40. The molecule has 98 valence electrons. The van der Waals surface area contributed by atoms with Crippen LogP contribution in [0, 0.1) is 0 Å². The zero-order valence-corrected chi connectivity index (χ0v) is 12.0. The molecule has 1 aliphatic heterocycles. The maximum atomic E-state index is 11.2. The largest absolute Gasteiger partial charge is 0.300 e. The Morgan fingerprint density at radius 3 is 2.94 bits per heavy atom. The standard InChI is InChI=1S/C14H17Cl2NO/c1-10(18)7-13-3-2-6-17(13)9-11-8-12(15)4-5-14(11)16/h4-5,8,13H,2-3,6-7,9H2,1H3. The number of carbonyl (C=O) groups is 1. The van der Waals surface area contributed by atoms with E-state index in [1.807, 2.05) is 12.1 Å². The highest BCUT2D eigenvalue weighted by atomic mass is 35.5. The van der Waals surface area contributed by atoms with Gasteiger partial charge in [-0.3, -0.25) is 9.69 Å². The van der Waals surface area contributed by atoms with Crippen LogP contribution in [0.4, 0.5) is 0 Å². The molecule has 1 aromatic rings. The predicted octanol–water partition coefficient (Wildman–Crippen LogP) is 3.94. The summed E-state index contributed by atoms with van der Waals surface area (Å²) >= 11 is 12.2. The van der Waals surface area contributed by atoms with Crippen LogP contribution in [0.3, 0.4) is 0 Å². The van der Waals surface area contributed by atoms with Crippen molar-refractivity contribution < 1.29 is 4.79 Å². The number of nitrogens with zero attached hydrogens (tertiary/aromatic N) is 1. The van der Waals surface area contributed by atoms with Crippen molar-refractivity contribution in [1.82, 2.24) is 4.90 Å².